The van der Waals surface area contributed by atoms with Crippen LogP contribution in [0.2, 0.25) is 10.0 Å². The smallest absolute Gasteiger partial charge is 0.253 e. The molecule has 0 radical (unpaired) electrons. The van der Waals surface area contributed by atoms with Gasteiger partial charge in [0.05, 0.1) is 32.7 Å². The van der Waals surface area contributed by atoms with Gasteiger partial charge < -0.3 is 10.3 Å². The summed E-state index contributed by atoms with van der Waals surface area (Å²) >= 11 is 12.3. The zero-order valence-electron chi connectivity index (χ0n) is 14.8. The number of nitrogens with one attached hydrogen (secondary N) is 2. The van der Waals surface area contributed by atoms with E-state index in [0.717, 1.165) is 16.6 Å². The zero-order chi connectivity index (χ0) is 19.5. The Morgan fingerprint density at radius 1 is 0.964 bits per heavy atom. The summed E-state index contributed by atoms with van der Waals surface area (Å²) in [7, 11) is 0. The molecule has 0 fully saturated rings. The number of halogens is 2. The van der Waals surface area contributed by atoms with Gasteiger partial charge in [-0.05, 0) is 36.2 Å². The fourth-order valence-electron chi connectivity index (χ4n) is 3.12. The van der Waals surface area contributed by atoms with Crippen LogP contribution in [0.5, 0.6) is 0 Å². The second-order valence-corrected chi connectivity index (χ2v) is 7.24. The van der Waals surface area contributed by atoms with E-state index in [0.29, 0.717) is 22.8 Å². The van der Waals surface area contributed by atoms with Crippen molar-refractivity contribution < 1.29 is 4.79 Å². The number of fused-ring (bicyclic) bond motifs is 1. The van der Waals surface area contributed by atoms with E-state index in [1.165, 1.54) is 0 Å². The summed E-state index contributed by atoms with van der Waals surface area (Å²) in [5.74, 6) is 0.394. The molecule has 1 unspecified atom stereocenters. The number of H-pyrrole nitrogens is 1. The van der Waals surface area contributed by atoms with Crippen molar-refractivity contribution in [1.29, 1.82) is 0 Å². The van der Waals surface area contributed by atoms with Gasteiger partial charge in [-0.25, -0.2) is 4.98 Å². The summed E-state index contributed by atoms with van der Waals surface area (Å²) in [6.07, 6.45) is 0.588. The predicted octanol–water partition coefficient (Wildman–Crippen LogP) is 5.58. The molecule has 4 aromatic rings. The van der Waals surface area contributed by atoms with Gasteiger partial charge in [-0.3, -0.25) is 4.79 Å². The van der Waals surface area contributed by atoms with Crippen molar-refractivity contribution in [2.75, 3.05) is 0 Å². The molecule has 0 aliphatic carbocycles. The van der Waals surface area contributed by atoms with E-state index in [1.807, 2.05) is 54.6 Å². The van der Waals surface area contributed by atoms with Gasteiger partial charge in [-0.15, -0.1) is 0 Å². The van der Waals surface area contributed by atoms with Crippen molar-refractivity contribution in [2.24, 2.45) is 0 Å². The first-order chi connectivity index (χ1) is 13.6. The SMILES string of the molecule is O=C(NC(Cc1ccccc1)c1nc2ccccc2[nH]1)c1cccc(Cl)c1Cl. The first-order valence-electron chi connectivity index (χ1n) is 8.85. The zero-order valence-corrected chi connectivity index (χ0v) is 16.3. The van der Waals surface area contributed by atoms with E-state index >= 15 is 0 Å². The second kappa shape index (κ2) is 8.05. The van der Waals surface area contributed by atoms with Crippen LogP contribution in [0.4, 0.5) is 0 Å². The van der Waals surface area contributed by atoms with Gasteiger partial charge in [0.1, 0.15) is 5.82 Å². The molecule has 6 heteroatoms. The van der Waals surface area contributed by atoms with E-state index in [9.17, 15) is 4.79 Å². The highest BCUT2D eigenvalue weighted by molar-refractivity contribution is 6.43. The lowest BCUT2D eigenvalue weighted by atomic mass is 10.0. The Labute approximate surface area is 172 Å². The van der Waals surface area contributed by atoms with Crippen LogP contribution in [0.25, 0.3) is 11.0 Å². The lowest BCUT2D eigenvalue weighted by molar-refractivity contribution is 0.0935. The number of carbonyl (C=O) groups is 1. The average molecular weight is 410 g/mol. The fourth-order valence-corrected chi connectivity index (χ4v) is 3.50. The molecule has 28 heavy (non-hydrogen) atoms. The highest BCUT2D eigenvalue weighted by Crippen LogP contribution is 2.27. The molecule has 0 aliphatic rings. The summed E-state index contributed by atoms with van der Waals surface area (Å²) in [6.45, 7) is 0. The number of hydrogen-bond acceptors (Lipinski definition) is 2. The molecular weight excluding hydrogens is 393 g/mol. The lowest BCUT2D eigenvalue weighted by Gasteiger charge is -2.18. The van der Waals surface area contributed by atoms with E-state index < -0.39 is 0 Å². The highest BCUT2D eigenvalue weighted by Gasteiger charge is 2.21. The molecule has 1 aromatic heterocycles. The molecule has 3 aromatic carbocycles. The van der Waals surface area contributed by atoms with E-state index in [4.69, 9.17) is 23.2 Å². The largest absolute Gasteiger partial charge is 0.342 e. The number of para-hydroxylation sites is 2. The third kappa shape index (κ3) is 3.88. The molecule has 0 aliphatic heterocycles. The Kier molecular flexibility index (Phi) is 5.33. The quantitative estimate of drug-likeness (QED) is 0.451. The highest BCUT2D eigenvalue weighted by atomic mass is 35.5. The normalized spacial score (nSPS) is 12.1. The van der Waals surface area contributed by atoms with Gasteiger partial charge in [0.2, 0.25) is 0 Å². The minimum absolute atomic E-state index is 0.240. The molecule has 140 valence electrons. The number of amides is 1. The van der Waals surface area contributed by atoms with Crippen LogP contribution in [0.15, 0.2) is 72.8 Å². The van der Waals surface area contributed by atoms with Gasteiger partial charge in [0.25, 0.3) is 5.91 Å². The maximum atomic E-state index is 12.9. The van der Waals surface area contributed by atoms with Crippen molar-refractivity contribution in [1.82, 2.24) is 15.3 Å². The van der Waals surface area contributed by atoms with Crippen LogP contribution in [-0.2, 0) is 6.42 Å². The number of nitrogens with zero attached hydrogens (tertiary/aromatic N) is 1. The van der Waals surface area contributed by atoms with Crippen molar-refractivity contribution in [3.63, 3.8) is 0 Å². The minimum atomic E-state index is -0.350. The van der Waals surface area contributed by atoms with Crippen LogP contribution >= 0.6 is 23.2 Å². The fraction of sp³-hybridized carbons (Fsp3) is 0.0909. The number of aromatic nitrogens is 2. The molecule has 0 saturated heterocycles. The maximum absolute atomic E-state index is 12.9. The molecule has 4 rings (SSSR count). The first-order valence-corrected chi connectivity index (χ1v) is 9.61. The molecule has 4 nitrogen and oxygen atoms in total. The number of carbonyl (C=O) groups excluding carboxylic acids is 1. The molecule has 0 bridgehead atoms. The Hall–Kier alpha value is -2.82. The van der Waals surface area contributed by atoms with Gasteiger partial charge in [-0.1, -0.05) is 71.7 Å². The van der Waals surface area contributed by atoms with E-state index in [-0.39, 0.29) is 17.0 Å². The lowest BCUT2D eigenvalue weighted by Crippen LogP contribution is -2.31. The number of hydrogen-bond donors (Lipinski definition) is 2. The molecule has 1 heterocycles. The molecule has 0 spiro atoms. The topological polar surface area (TPSA) is 57.8 Å². The maximum Gasteiger partial charge on any atom is 0.253 e. The predicted molar refractivity (Wildman–Crippen MR) is 113 cm³/mol. The van der Waals surface area contributed by atoms with Gasteiger partial charge >= 0.3 is 0 Å². The monoisotopic (exact) mass is 409 g/mol. The Bertz CT molecular complexity index is 1090. The summed E-state index contributed by atoms with van der Waals surface area (Å²) < 4.78 is 0. The summed E-state index contributed by atoms with van der Waals surface area (Å²) in [5, 5.41) is 3.64. The molecular formula is C22H17Cl2N3O. The van der Waals surface area contributed by atoms with Crippen LogP contribution in [0.3, 0.4) is 0 Å². The number of benzene rings is 3. The molecule has 1 amide bonds. The Morgan fingerprint density at radius 2 is 1.71 bits per heavy atom. The number of aromatic amines is 1. The van der Waals surface area contributed by atoms with E-state index in [2.05, 4.69) is 15.3 Å². The second-order valence-electron chi connectivity index (χ2n) is 6.46. The summed E-state index contributed by atoms with van der Waals surface area (Å²) in [6, 6.07) is 22.4. The molecule has 2 N–H and O–H groups in total. The molecule has 0 saturated carbocycles. The van der Waals surface area contributed by atoms with Crippen molar-refractivity contribution in [2.45, 2.75) is 12.5 Å². The number of rotatable bonds is 5. The molecule has 1 atom stereocenters. The van der Waals surface area contributed by atoms with E-state index in [1.54, 1.807) is 18.2 Å². The van der Waals surface area contributed by atoms with Crippen LogP contribution in [0.1, 0.15) is 27.8 Å². The van der Waals surface area contributed by atoms with Crippen LogP contribution < -0.4 is 5.32 Å². The standard InChI is InChI=1S/C22H17Cl2N3O/c23-16-10-6-9-15(20(16)24)22(28)27-19(13-14-7-2-1-3-8-14)21-25-17-11-4-5-12-18(17)26-21/h1-12,19H,13H2,(H,25,26)(H,27,28). The summed E-state index contributed by atoms with van der Waals surface area (Å²) in [4.78, 5) is 20.9. The van der Waals surface area contributed by atoms with Crippen LogP contribution in [-0.4, -0.2) is 15.9 Å². The van der Waals surface area contributed by atoms with Gasteiger partial charge in [0, 0.05) is 0 Å². The summed E-state index contributed by atoms with van der Waals surface area (Å²) in [5.41, 5.74) is 3.20. The Morgan fingerprint density at radius 3 is 2.50 bits per heavy atom. The minimum Gasteiger partial charge on any atom is -0.342 e. The third-order valence-corrected chi connectivity index (χ3v) is 5.34. The first kappa shape index (κ1) is 18.5. The van der Waals surface area contributed by atoms with Gasteiger partial charge in [0.15, 0.2) is 0 Å². The van der Waals surface area contributed by atoms with Crippen molar-refractivity contribution in [3.8, 4) is 0 Å². The van der Waals surface area contributed by atoms with Crippen molar-refractivity contribution >= 4 is 40.1 Å². The Balaban J connectivity index is 1.68. The third-order valence-electron chi connectivity index (χ3n) is 4.52. The van der Waals surface area contributed by atoms with Gasteiger partial charge in [-0.2, -0.15) is 0 Å². The number of imidazole rings is 1. The van der Waals surface area contributed by atoms with Crippen molar-refractivity contribution in [3.05, 3.63) is 99.8 Å². The van der Waals surface area contributed by atoms with Crippen LogP contribution in [0, 0.1) is 0 Å². The average Bonchev–Trinajstić information content (AvgIpc) is 3.14.